The number of carbonyl (C=O) groups excluding carboxylic acids is 2. The average Bonchev–Trinajstić information content (AvgIpc) is 3.15. The van der Waals surface area contributed by atoms with Gasteiger partial charge >= 0.3 is 5.97 Å². The number of ether oxygens (including phenoxy) is 3. The Bertz CT molecular complexity index is 991. The monoisotopic (exact) mass is 433 g/mol. The number of amides is 1. The fourth-order valence-electron chi connectivity index (χ4n) is 2.30. The number of fused-ring (bicyclic) bond motifs is 1. The van der Waals surface area contributed by atoms with Gasteiger partial charge in [0.1, 0.15) is 5.69 Å². The number of rotatable bonds is 9. The summed E-state index contributed by atoms with van der Waals surface area (Å²) in [6.07, 6.45) is 1.31. The molecule has 0 bridgehead atoms. The van der Waals surface area contributed by atoms with Crippen LogP contribution in [0.1, 0.15) is 20.8 Å². The molecule has 0 atom stereocenters. The number of aromatic nitrogens is 2. The predicted octanol–water partition coefficient (Wildman–Crippen LogP) is 3.44. The minimum Gasteiger partial charge on any atom is -0.465 e. The number of anilines is 1. The van der Waals surface area contributed by atoms with E-state index >= 15 is 0 Å². The molecule has 1 N–H and O–H groups in total. The molecule has 0 aliphatic rings. The summed E-state index contributed by atoms with van der Waals surface area (Å²) in [7, 11) is 2.92. The predicted molar refractivity (Wildman–Crippen MR) is 112 cm³/mol. The number of thioether (sulfide) groups is 1. The quantitative estimate of drug-likeness (QED) is 0.237. The van der Waals surface area contributed by atoms with Gasteiger partial charge in [0, 0.05) is 19.0 Å². The number of hydrogen-bond donors (Lipinski definition) is 1. The zero-order valence-corrected chi connectivity index (χ0v) is 17.5. The van der Waals surface area contributed by atoms with Crippen molar-refractivity contribution in [1.82, 2.24) is 9.97 Å². The Hall–Kier alpha value is -2.53. The minimum absolute atomic E-state index is 0.200. The van der Waals surface area contributed by atoms with Crippen LogP contribution in [-0.2, 0) is 14.2 Å². The SMILES string of the molecule is COCCOCSc1nc2ccc(NC(=O)c3ccc(C(=O)OC)cn3)cc2s1. The van der Waals surface area contributed by atoms with Crippen molar-refractivity contribution in [2.75, 3.05) is 38.7 Å². The van der Waals surface area contributed by atoms with Gasteiger partial charge in [-0.1, -0.05) is 11.8 Å². The Morgan fingerprint density at radius 2 is 2.03 bits per heavy atom. The molecule has 1 amide bonds. The van der Waals surface area contributed by atoms with Crippen LogP contribution in [0.15, 0.2) is 40.9 Å². The van der Waals surface area contributed by atoms with Crippen LogP contribution in [0.2, 0.25) is 0 Å². The molecule has 0 aliphatic heterocycles. The van der Waals surface area contributed by atoms with Gasteiger partial charge in [0.2, 0.25) is 0 Å². The van der Waals surface area contributed by atoms with Gasteiger partial charge in [0.15, 0.2) is 4.34 Å². The van der Waals surface area contributed by atoms with Crippen molar-refractivity contribution in [1.29, 1.82) is 0 Å². The summed E-state index contributed by atoms with van der Waals surface area (Å²) in [6.45, 7) is 1.10. The van der Waals surface area contributed by atoms with Crippen molar-refractivity contribution in [3.63, 3.8) is 0 Å². The highest BCUT2D eigenvalue weighted by molar-refractivity contribution is 8.01. The van der Waals surface area contributed by atoms with Crippen LogP contribution < -0.4 is 5.32 Å². The summed E-state index contributed by atoms with van der Waals surface area (Å²) < 4.78 is 16.8. The number of esters is 1. The molecule has 0 aliphatic carbocycles. The summed E-state index contributed by atoms with van der Waals surface area (Å²) in [5.41, 5.74) is 1.98. The fraction of sp³-hybridized carbons (Fsp3) is 0.263. The van der Waals surface area contributed by atoms with E-state index in [0.717, 1.165) is 14.6 Å². The number of hydrogen-bond acceptors (Lipinski definition) is 9. The molecule has 152 valence electrons. The standard InChI is InChI=1S/C19H19N3O5S2/c1-25-7-8-27-11-28-19-22-14-6-4-13(9-16(14)29-19)21-17(23)15-5-3-12(10-20-15)18(24)26-2/h3-6,9-10H,7-8,11H2,1-2H3,(H,21,23). The Morgan fingerprint density at radius 1 is 1.17 bits per heavy atom. The number of nitrogens with one attached hydrogen (secondary N) is 1. The van der Waals surface area contributed by atoms with Gasteiger partial charge in [-0.3, -0.25) is 9.78 Å². The summed E-state index contributed by atoms with van der Waals surface area (Å²) in [5.74, 6) is -0.371. The number of benzene rings is 1. The zero-order valence-electron chi connectivity index (χ0n) is 15.8. The lowest BCUT2D eigenvalue weighted by Crippen LogP contribution is -2.14. The molecule has 1 aromatic carbocycles. The van der Waals surface area contributed by atoms with E-state index < -0.39 is 5.97 Å². The number of carbonyl (C=O) groups is 2. The molecule has 0 saturated carbocycles. The third kappa shape index (κ3) is 5.73. The first-order valence-electron chi connectivity index (χ1n) is 8.56. The van der Waals surface area contributed by atoms with Crippen LogP contribution in [0.25, 0.3) is 10.2 Å². The van der Waals surface area contributed by atoms with E-state index in [9.17, 15) is 9.59 Å². The van der Waals surface area contributed by atoms with Crippen molar-refractivity contribution < 1.29 is 23.8 Å². The van der Waals surface area contributed by atoms with Gasteiger partial charge in [-0.15, -0.1) is 11.3 Å². The highest BCUT2D eigenvalue weighted by Crippen LogP contribution is 2.31. The van der Waals surface area contributed by atoms with Crippen molar-refractivity contribution in [2.24, 2.45) is 0 Å². The lowest BCUT2D eigenvalue weighted by Gasteiger charge is -2.05. The first-order valence-corrected chi connectivity index (χ1v) is 10.4. The van der Waals surface area contributed by atoms with Gasteiger partial charge < -0.3 is 19.5 Å². The summed E-state index contributed by atoms with van der Waals surface area (Å²) in [5, 5.41) is 2.80. The molecular weight excluding hydrogens is 414 g/mol. The van der Waals surface area contributed by atoms with E-state index in [0.29, 0.717) is 24.8 Å². The summed E-state index contributed by atoms with van der Waals surface area (Å²) in [6, 6.07) is 8.48. The lowest BCUT2D eigenvalue weighted by atomic mass is 10.2. The Morgan fingerprint density at radius 3 is 2.76 bits per heavy atom. The maximum Gasteiger partial charge on any atom is 0.339 e. The maximum atomic E-state index is 12.4. The zero-order chi connectivity index (χ0) is 20.6. The highest BCUT2D eigenvalue weighted by atomic mass is 32.2. The van der Waals surface area contributed by atoms with Crippen molar-refractivity contribution in [3.05, 3.63) is 47.8 Å². The molecule has 3 aromatic rings. The van der Waals surface area contributed by atoms with E-state index in [1.807, 2.05) is 12.1 Å². The lowest BCUT2D eigenvalue weighted by molar-refractivity contribution is 0.0600. The number of pyridine rings is 1. The Labute approximate surface area is 175 Å². The summed E-state index contributed by atoms with van der Waals surface area (Å²) in [4.78, 5) is 32.4. The second-order valence-corrected chi connectivity index (χ2v) is 7.90. The van der Waals surface area contributed by atoms with Gasteiger partial charge in [-0.05, 0) is 30.3 Å². The first kappa shape index (κ1) is 21.2. The van der Waals surface area contributed by atoms with E-state index in [1.165, 1.54) is 48.5 Å². The highest BCUT2D eigenvalue weighted by Gasteiger charge is 2.12. The molecule has 2 heterocycles. The molecule has 3 rings (SSSR count). The van der Waals surface area contributed by atoms with Crippen molar-refractivity contribution in [3.8, 4) is 0 Å². The molecule has 0 saturated heterocycles. The van der Waals surface area contributed by atoms with Crippen molar-refractivity contribution in [2.45, 2.75) is 4.34 Å². The molecule has 2 aromatic heterocycles. The average molecular weight is 434 g/mol. The van der Waals surface area contributed by atoms with Crippen molar-refractivity contribution >= 4 is 50.9 Å². The Kier molecular flexibility index (Phi) is 7.53. The molecule has 0 fully saturated rings. The van der Waals surface area contributed by atoms with Crippen LogP contribution in [0.3, 0.4) is 0 Å². The van der Waals surface area contributed by atoms with E-state index in [2.05, 4.69) is 20.0 Å². The Balaban J connectivity index is 1.62. The normalized spacial score (nSPS) is 10.8. The van der Waals surface area contributed by atoms with E-state index in [1.54, 1.807) is 13.2 Å². The first-order chi connectivity index (χ1) is 14.1. The number of nitrogens with zero attached hydrogens (tertiary/aromatic N) is 2. The molecule has 29 heavy (non-hydrogen) atoms. The molecule has 0 radical (unpaired) electrons. The number of methoxy groups -OCH3 is 2. The molecule has 0 spiro atoms. The topological polar surface area (TPSA) is 99.6 Å². The van der Waals surface area contributed by atoms with E-state index in [4.69, 9.17) is 9.47 Å². The molecule has 0 unspecified atom stereocenters. The molecule has 10 heteroatoms. The number of thiazole rings is 1. The van der Waals surface area contributed by atoms with Crippen LogP contribution in [0, 0.1) is 0 Å². The molecular formula is C19H19N3O5S2. The second kappa shape index (κ2) is 10.3. The fourth-order valence-corrected chi connectivity index (χ4v) is 4.15. The van der Waals surface area contributed by atoms with E-state index in [-0.39, 0.29) is 17.2 Å². The van der Waals surface area contributed by atoms with Crippen LogP contribution in [-0.4, -0.2) is 55.2 Å². The minimum atomic E-state index is -0.502. The maximum absolute atomic E-state index is 12.4. The van der Waals surface area contributed by atoms with Crippen LogP contribution >= 0.6 is 23.1 Å². The third-order valence-electron chi connectivity index (χ3n) is 3.74. The smallest absolute Gasteiger partial charge is 0.339 e. The van der Waals surface area contributed by atoms with Gasteiger partial charge in [0.05, 0.1) is 42.0 Å². The van der Waals surface area contributed by atoms with Crippen LogP contribution in [0.4, 0.5) is 5.69 Å². The second-order valence-electron chi connectivity index (χ2n) is 5.70. The molecule has 8 nitrogen and oxygen atoms in total. The van der Waals surface area contributed by atoms with Gasteiger partial charge in [-0.2, -0.15) is 0 Å². The van der Waals surface area contributed by atoms with Crippen LogP contribution in [0.5, 0.6) is 0 Å². The van der Waals surface area contributed by atoms with Gasteiger partial charge in [-0.25, -0.2) is 9.78 Å². The summed E-state index contributed by atoms with van der Waals surface area (Å²) >= 11 is 3.04. The van der Waals surface area contributed by atoms with Gasteiger partial charge in [0.25, 0.3) is 5.91 Å². The largest absolute Gasteiger partial charge is 0.465 e. The third-order valence-corrected chi connectivity index (χ3v) is 5.78.